The molecule has 0 fully saturated rings. The van der Waals surface area contributed by atoms with Crippen LogP contribution in [-0.4, -0.2) is 23.1 Å². The molecule has 1 aliphatic heterocycles. The molecule has 5 nitrogen and oxygen atoms in total. The SMILES string of the molecule is O=c1[nH]c2cccc(-c3cccc4c3OCCN4)c2[nH]1. The van der Waals surface area contributed by atoms with E-state index in [4.69, 9.17) is 4.74 Å². The van der Waals surface area contributed by atoms with Crippen LogP contribution in [0.1, 0.15) is 0 Å². The number of para-hydroxylation sites is 2. The van der Waals surface area contributed by atoms with Gasteiger partial charge in [0.25, 0.3) is 0 Å². The number of aromatic amines is 2. The molecule has 1 aromatic heterocycles. The molecule has 0 bridgehead atoms. The van der Waals surface area contributed by atoms with Crippen molar-refractivity contribution < 1.29 is 4.74 Å². The normalized spacial score (nSPS) is 13.6. The van der Waals surface area contributed by atoms with Gasteiger partial charge in [-0.3, -0.25) is 0 Å². The van der Waals surface area contributed by atoms with Crippen LogP contribution in [0.15, 0.2) is 41.2 Å². The zero-order valence-electron chi connectivity index (χ0n) is 10.7. The molecule has 3 aromatic rings. The van der Waals surface area contributed by atoms with Gasteiger partial charge in [-0.15, -0.1) is 0 Å². The van der Waals surface area contributed by atoms with Gasteiger partial charge >= 0.3 is 5.69 Å². The van der Waals surface area contributed by atoms with E-state index in [0.717, 1.165) is 40.1 Å². The lowest BCUT2D eigenvalue weighted by atomic mass is 10.0. The Balaban J connectivity index is 2.02. The number of ether oxygens (including phenoxy) is 1. The van der Waals surface area contributed by atoms with Crippen molar-refractivity contribution in [3.8, 4) is 16.9 Å². The van der Waals surface area contributed by atoms with E-state index < -0.39 is 0 Å². The first kappa shape index (κ1) is 11.2. The molecule has 0 radical (unpaired) electrons. The number of hydrogen-bond acceptors (Lipinski definition) is 3. The molecule has 20 heavy (non-hydrogen) atoms. The Morgan fingerprint density at radius 3 is 2.80 bits per heavy atom. The van der Waals surface area contributed by atoms with Crippen molar-refractivity contribution in [1.82, 2.24) is 9.97 Å². The lowest BCUT2D eigenvalue weighted by Crippen LogP contribution is -2.18. The predicted molar refractivity (Wildman–Crippen MR) is 78.3 cm³/mol. The molecule has 3 N–H and O–H groups in total. The van der Waals surface area contributed by atoms with Gasteiger partial charge in [0, 0.05) is 17.7 Å². The molecule has 2 heterocycles. The quantitative estimate of drug-likeness (QED) is 0.633. The van der Waals surface area contributed by atoms with Gasteiger partial charge in [-0.05, 0) is 12.1 Å². The van der Waals surface area contributed by atoms with Crippen molar-refractivity contribution in [1.29, 1.82) is 0 Å². The maximum Gasteiger partial charge on any atom is 0.323 e. The van der Waals surface area contributed by atoms with Crippen molar-refractivity contribution in [2.24, 2.45) is 0 Å². The standard InChI is InChI=1S/C15H13N3O2/c19-15-17-11-5-1-3-9(13(11)18-15)10-4-2-6-12-14(10)20-8-7-16-12/h1-6,16H,7-8H2,(H2,17,18,19). The third-order valence-electron chi connectivity index (χ3n) is 3.52. The zero-order valence-corrected chi connectivity index (χ0v) is 10.7. The monoisotopic (exact) mass is 267 g/mol. The van der Waals surface area contributed by atoms with E-state index >= 15 is 0 Å². The van der Waals surface area contributed by atoms with Crippen molar-refractivity contribution >= 4 is 16.7 Å². The molecule has 0 amide bonds. The van der Waals surface area contributed by atoms with Gasteiger partial charge in [-0.1, -0.05) is 24.3 Å². The first-order valence-corrected chi connectivity index (χ1v) is 6.54. The second kappa shape index (κ2) is 4.16. The maximum atomic E-state index is 11.5. The predicted octanol–water partition coefficient (Wildman–Crippen LogP) is 2.33. The number of nitrogens with one attached hydrogen (secondary N) is 3. The lowest BCUT2D eigenvalue weighted by Gasteiger charge is -2.22. The molecular formula is C15H13N3O2. The summed E-state index contributed by atoms with van der Waals surface area (Å²) in [6.07, 6.45) is 0. The van der Waals surface area contributed by atoms with Crippen LogP contribution in [-0.2, 0) is 0 Å². The Bertz CT molecular complexity index is 848. The van der Waals surface area contributed by atoms with Crippen LogP contribution in [0, 0.1) is 0 Å². The zero-order chi connectivity index (χ0) is 13.5. The van der Waals surface area contributed by atoms with E-state index in [9.17, 15) is 4.79 Å². The Hall–Kier alpha value is -2.69. The summed E-state index contributed by atoms with van der Waals surface area (Å²) in [4.78, 5) is 17.1. The highest BCUT2D eigenvalue weighted by Gasteiger charge is 2.17. The Labute approximate surface area is 114 Å². The van der Waals surface area contributed by atoms with E-state index in [1.165, 1.54) is 0 Å². The van der Waals surface area contributed by atoms with E-state index in [2.05, 4.69) is 15.3 Å². The topological polar surface area (TPSA) is 69.9 Å². The molecular weight excluding hydrogens is 254 g/mol. The molecule has 5 heteroatoms. The first-order chi connectivity index (χ1) is 9.83. The molecule has 2 aromatic carbocycles. The molecule has 0 aliphatic carbocycles. The van der Waals surface area contributed by atoms with Crippen LogP contribution < -0.4 is 15.7 Å². The van der Waals surface area contributed by atoms with Crippen LogP contribution >= 0.6 is 0 Å². The van der Waals surface area contributed by atoms with Gasteiger partial charge in [0.05, 0.1) is 16.7 Å². The molecule has 0 unspecified atom stereocenters. The Kier molecular flexibility index (Phi) is 2.32. The summed E-state index contributed by atoms with van der Waals surface area (Å²) < 4.78 is 5.80. The minimum atomic E-state index is -0.198. The number of fused-ring (bicyclic) bond motifs is 2. The largest absolute Gasteiger partial charge is 0.489 e. The van der Waals surface area contributed by atoms with Crippen LogP contribution in [0.5, 0.6) is 5.75 Å². The molecule has 0 saturated heterocycles. The summed E-state index contributed by atoms with van der Waals surface area (Å²) in [5.41, 5.74) is 4.34. The van der Waals surface area contributed by atoms with Crippen molar-refractivity contribution in [3.63, 3.8) is 0 Å². The van der Waals surface area contributed by atoms with Gasteiger partial charge in [0.2, 0.25) is 0 Å². The third kappa shape index (κ3) is 1.60. The van der Waals surface area contributed by atoms with E-state index in [0.29, 0.717) is 6.61 Å². The molecule has 0 atom stereocenters. The van der Waals surface area contributed by atoms with Crippen LogP contribution in [0.2, 0.25) is 0 Å². The number of hydrogen-bond donors (Lipinski definition) is 3. The summed E-state index contributed by atoms with van der Waals surface area (Å²) in [6.45, 7) is 1.45. The molecule has 0 spiro atoms. The molecule has 4 rings (SSSR count). The van der Waals surface area contributed by atoms with Gasteiger partial charge < -0.3 is 20.0 Å². The third-order valence-corrected chi connectivity index (χ3v) is 3.52. The van der Waals surface area contributed by atoms with Crippen LogP contribution in [0.4, 0.5) is 5.69 Å². The van der Waals surface area contributed by atoms with E-state index in [1.807, 2.05) is 36.4 Å². The van der Waals surface area contributed by atoms with Crippen molar-refractivity contribution in [2.75, 3.05) is 18.5 Å². The smallest absolute Gasteiger partial charge is 0.323 e. The highest BCUT2D eigenvalue weighted by Crippen LogP contribution is 2.39. The van der Waals surface area contributed by atoms with Crippen molar-refractivity contribution in [2.45, 2.75) is 0 Å². The number of anilines is 1. The molecule has 0 saturated carbocycles. The van der Waals surface area contributed by atoms with Crippen LogP contribution in [0.3, 0.4) is 0 Å². The number of imidazole rings is 1. The summed E-state index contributed by atoms with van der Waals surface area (Å²) in [5, 5.41) is 3.32. The summed E-state index contributed by atoms with van der Waals surface area (Å²) in [7, 11) is 0. The minimum Gasteiger partial charge on any atom is -0.489 e. The maximum absolute atomic E-state index is 11.5. The fraction of sp³-hybridized carbons (Fsp3) is 0.133. The summed E-state index contributed by atoms with van der Waals surface area (Å²) in [6, 6.07) is 11.8. The van der Waals surface area contributed by atoms with Crippen LogP contribution in [0.25, 0.3) is 22.2 Å². The van der Waals surface area contributed by atoms with Gasteiger partial charge in [-0.25, -0.2) is 4.79 Å². The Morgan fingerprint density at radius 2 is 1.85 bits per heavy atom. The minimum absolute atomic E-state index is 0.198. The van der Waals surface area contributed by atoms with Crippen molar-refractivity contribution in [3.05, 3.63) is 46.9 Å². The van der Waals surface area contributed by atoms with Gasteiger partial charge in [0.1, 0.15) is 12.4 Å². The Morgan fingerprint density at radius 1 is 1.00 bits per heavy atom. The fourth-order valence-corrected chi connectivity index (χ4v) is 2.67. The first-order valence-electron chi connectivity index (χ1n) is 6.54. The second-order valence-corrected chi connectivity index (χ2v) is 4.76. The lowest BCUT2D eigenvalue weighted by molar-refractivity contribution is 0.324. The van der Waals surface area contributed by atoms with E-state index in [1.54, 1.807) is 0 Å². The van der Waals surface area contributed by atoms with E-state index in [-0.39, 0.29) is 5.69 Å². The molecule has 1 aliphatic rings. The number of aromatic nitrogens is 2. The highest BCUT2D eigenvalue weighted by molar-refractivity contribution is 5.95. The second-order valence-electron chi connectivity index (χ2n) is 4.76. The molecule has 100 valence electrons. The number of rotatable bonds is 1. The summed E-state index contributed by atoms with van der Waals surface area (Å²) >= 11 is 0. The number of benzene rings is 2. The van der Waals surface area contributed by atoms with Gasteiger partial charge in [0.15, 0.2) is 0 Å². The van der Waals surface area contributed by atoms with Gasteiger partial charge in [-0.2, -0.15) is 0 Å². The highest BCUT2D eigenvalue weighted by atomic mass is 16.5. The average molecular weight is 267 g/mol. The summed E-state index contributed by atoms with van der Waals surface area (Å²) in [5.74, 6) is 0.841. The number of H-pyrrole nitrogens is 2. The average Bonchev–Trinajstić information content (AvgIpc) is 2.87. The fourth-order valence-electron chi connectivity index (χ4n) is 2.67.